The summed E-state index contributed by atoms with van der Waals surface area (Å²) in [7, 11) is 0. The highest BCUT2D eigenvalue weighted by Crippen LogP contribution is 2.29. The number of carbonyl (C=O) groups excluding carboxylic acids is 4. The van der Waals surface area contributed by atoms with E-state index in [1.54, 1.807) is 14.7 Å². The SMILES string of the molecule is O=C(O)CC[C@H](NC(=O)NC(CCCCNC(=O)[C@H](Cc1ccc2ccccc2c1)NC(=O)C1CCC(CNC(=O)CN2CCN(CC(=O)O)CCN(CC(=O)O)CCN(CC(=O)O)CC2)CC1)C(=O)O)C(=O)O. The van der Waals surface area contributed by atoms with Crippen molar-refractivity contribution < 1.29 is 78.6 Å². The van der Waals surface area contributed by atoms with Gasteiger partial charge in [0.2, 0.25) is 17.7 Å². The van der Waals surface area contributed by atoms with Gasteiger partial charge in [-0.2, -0.15) is 0 Å². The molecule has 1 aliphatic heterocycles. The maximum atomic E-state index is 13.8. The molecule has 408 valence electrons. The van der Waals surface area contributed by atoms with Crippen LogP contribution in [0, 0.1) is 11.8 Å². The van der Waals surface area contributed by atoms with E-state index in [0.717, 1.165) is 16.3 Å². The highest BCUT2D eigenvalue weighted by molar-refractivity contribution is 5.90. The fraction of sp³-hybridized carbons (Fsp3) is 0.592. The minimum Gasteiger partial charge on any atom is -0.481 e. The first-order valence-corrected chi connectivity index (χ1v) is 24.9. The molecule has 0 radical (unpaired) electrons. The monoisotopic (exact) mass is 1040 g/mol. The standard InChI is InChI=1S/C49H71N9O16/c59-40(28-55-17-19-56(29-42(62)63)21-23-58(31-44(66)67)24-22-57(20-18-55)30-43(64)65)51-27-32-8-12-35(13-9-32)45(68)52-39(26-33-10-11-34-5-1-2-6-36(34)25-33)46(69)50-16-4-3-7-37(47(70)71)53-49(74)54-38(48(72)73)14-15-41(60)61/h1-2,5-6,10-11,25,32,35,37-39H,3-4,7-9,12-24,26-31H2,(H,50,69)(H,51,59)(H,52,68)(H,60,61)(H,62,63)(H,64,65)(H,66,67)(H,70,71)(H,72,73)(H2,53,54,74)/t32?,35?,37?,38-,39-/m0/s1. The van der Waals surface area contributed by atoms with Crippen LogP contribution >= 0.6 is 0 Å². The number of carboxylic acids is 6. The molecule has 5 amide bonds. The summed E-state index contributed by atoms with van der Waals surface area (Å²) in [5, 5.41) is 71.4. The molecule has 1 heterocycles. The summed E-state index contributed by atoms with van der Waals surface area (Å²) >= 11 is 0. The second kappa shape index (κ2) is 30.9. The summed E-state index contributed by atoms with van der Waals surface area (Å²) in [5.74, 6) is -8.66. The van der Waals surface area contributed by atoms with Crippen molar-refractivity contribution in [3.05, 3.63) is 48.0 Å². The van der Waals surface area contributed by atoms with Crippen molar-refractivity contribution in [2.75, 3.05) is 91.6 Å². The van der Waals surface area contributed by atoms with Crippen LogP contribution in [0.25, 0.3) is 10.8 Å². The molecular weight excluding hydrogens is 971 g/mol. The van der Waals surface area contributed by atoms with Gasteiger partial charge in [0.25, 0.3) is 0 Å². The van der Waals surface area contributed by atoms with Crippen LogP contribution < -0.4 is 26.6 Å². The molecule has 2 aromatic rings. The van der Waals surface area contributed by atoms with Gasteiger partial charge in [-0.3, -0.25) is 53.2 Å². The van der Waals surface area contributed by atoms with E-state index < -0.39 is 84.6 Å². The summed E-state index contributed by atoms with van der Waals surface area (Å²) < 4.78 is 0. The molecule has 74 heavy (non-hydrogen) atoms. The van der Waals surface area contributed by atoms with Gasteiger partial charge in [0, 0.05) is 84.2 Å². The molecule has 2 aromatic carbocycles. The molecular formula is C49H71N9O16. The number of carbonyl (C=O) groups is 10. The molecule has 3 atom stereocenters. The van der Waals surface area contributed by atoms with E-state index in [2.05, 4.69) is 26.6 Å². The lowest BCUT2D eigenvalue weighted by atomic mass is 9.81. The Hall–Kier alpha value is -6.96. The zero-order valence-corrected chi connectivity index (χ0v) is 41.5. The number of carboxylic acid groups (broad SMARTS) is 6. The van der Waals surface area contributed by atoms with Crippen molar-refractivity contribution >= 4 is 70.3 Å². The molecule has 1 aliphatic carbocycles. The molecule has 25 nitrogen and oxygen atoms in total. The van der Waals surface area contributed by atoms with Gasteiger partial charge >= 0.3 is 41.8 Å². The topological polar surface area (TPSA) is 365 Å². The molecule has 0 spiro atoms. The Kier molecular flexibility index (Phi) is 24.9. The van der Waals surface area contributed by atoms with E-state index in [1.165, 1.54) is 0 Å². The number of rotatable bonds is 27. The quantitative estimate of drug-likeness (QED) is 0.0508. The summed E-state index contributed by atoms with van der Waals surface area (Å²) in [5.41, 5.74) is 0.803. The van der Waals surface area contributed by atoms with Crippen LogP contribution in [0.5, 0.6) is 0 Å². The van der Waals surface area contributed by atoms with Crippen LogP contribution in [0.3, 0.4) is 0 Å². The number of hydrogen-bond donors (Lipinski definition) is 11. The normalized spacial score (nSPS) is 18.8. The smallest absolute Gasteiger partial charge is 0.326 e. The van der Waals surface area contributed by atoms with Crippen molar-refractivity contribution in [1.29, 1.82) is 0 Å². The van der Waals surface area contributed by atoms with Gasteiger partial charge in [-0.05, 0) is 73.6 Å². The summed E-state index contributed by atoms with van der Waals surface area (Å²) in [6, 6.07) is 8.44. The Balaban J connectivity index is 1.30. The van der Waals surface area contributed by atoms with Gasteiger partial charge in [0.1, 0.15) is 18.1 Å². The Morgan fingerprint density at radius 2 is 1.03 bits per heavy atom. The summed E-state index contributed by atoms with van der Waals surface area (Å²) in [6.07, 6.45) is 1.91. The zero-order valence-electron chi connectivity index (χ0n) is 41.5. The molecule has 1 unspecified atom stereocenters. The molecule has 0 bridgehead atoms. The van der Waals surface area contributed by atoms with Crippen LogP contribution in [0.15, 0.2) is 42.5 Å². The summed E-state index contributed by atoms with van der Waals surface area (Å²) in [6.45, 7) is 1.73. The lowest BCUT2D eigenvalue weighted by Gasteiger charge is -2.33. The van der Waals surface area contributed by atoms with E-state index in [4.69, 9.17) is 5.11 Å². The molecule has 2 fully saturated rings. The van der Waals surface area contributed by atoms with Crippen molar-refractivity contribution in [3.63, 3.8) is 0 Å². The van der Waals surface area contributed by atoms with E-state index in [1.807, 2.05) is 47.4 Å². The highest BCUT2D eigenvalue weighted by Gasteiger charge is 2.31. The number of hydrogen-bond acceptors (Lipinski definition) is 14. The number of nitrogens with one attached hydrogen (secondary N) is 5. The minimum absolute atomic E-state index is 0.0283. The first-order valence-electron chi connectivity index (χ1n) is 24.9. The maximum absolute atomic E-state index is 13.8. The number of amides is 5. The molecule has 1 saturated heterocycles. The lowest BCUT2D eigenvalue weighted by Crippen LogP contribution is -2.51. The number of nitrogens with zero attached hydrogens (tertiary/aromatic N) is 4. The second-order valence-corrected chi connectivity index (χ2v) is 18.9. The van der Waals surface area contributed by atoms with Crippen LogP contribution in [-0.2, 0) is 49.6 Å². The van der Waals surface area contributed by atoms with Gasteiger partial charge in [0.05, 0.1) is 26.2 Å². The maximum Gasteiger partial charge on any atom is 0.326 e. The average molecular weight is 1040 g/mol. The summed E-state index contributed by atoms with van der Waals surface area (Å²) in [4.78, 5) is 129. The van der Waals surface area contributed by atoms with E-state index in [9.17, 15) is 73.5 Å². The number of aliphatic carboxylic acids is 6. The van der Waals surface area contributed by atoms with Crippen LogP contribution in [0.1, 0.15) is 63.4 Å². The second-order valence-electron chi connectivity index (χ2n) is 18.9. The van der Waals surface area contributed by atoms with Crippen molar-refractivity contribution in [2.24, 2.45) is 11.8 Å². The van der Waals surface area contributed by atoms with Crippen LogP contribution in [0.2, 0.25) is 0 Å². The Labute approximate surface area is 428 Å². The van der Waals surface area contributed by atoms with Gasteiger partial charge in [0.15, 0.2) is 0 Å². The number of urea groups is 1. The Bertz CT molecular complexity index is 2230. The first-order chi connectivity index (χ1) is 35.2. The van der Waals surface area contributed by atoms with Crippen molar-refractivity contribution in [3.8, 4) is 0 Å². The molecule has 1 saturated carbocycles. The van der Waals surface area contributed by atoms with Crippen molar-refractivity contribution in [2.45, 2.75) is 82.3 Å². The molecule has 11 N–H and O–H groups in total. The largest absolute Gasteiger partial charge is 0.481 e. The first kappa shape index (κ1) is 59.6. The highest BCUT2D eigenvalue weighted by atomic mass is 16.4. The fourth-order valence-corrected chi connectivity index (χ4v) is 8.98. The van der Waals surface area contributed by atoms with Crippen LogP contribution in [0.4, 0.5) is 4.79 Å². The predicted octanol–water partition coefficient (Wildman–Crippen LogP) is -0.378. The van der Waals surface area contributed by atoms with E-state index in [0.29, 0.717) is 45.3 Å². The lowest BCUT2D eigenvalue weighted by molar-refractivity contribution is -0.141. The predicted molar refractivity (Wildman–Crippen MR) is 265 cm³/mol. The third-order valence-electron chi connectivity index (χ3n) is 13.1. The van der Waals surface area contributed by atoms with Gasteiger partial charge < -0.3 is 57.2 Å². The van der Waals surface area contributed by atoms with Crippen molar-refractivity contribution in [1.82, 2.24) is 46.2 Å². The Morgan fingerprint density at radius 3 is 1.53 bits per heavy atom. The molecule has 25 heteroatoms. The number of benzene rings is 2. The number of unbranched alkanes of at least 4 members (excludes halogenated alkanes) is 1. The Morgan fingerprint density at radius 1 is 0.527 bits per heavy atom. The van der Waals surface area contributed by atoms with Gasteiger partial charge in [-0.25, -0.2) is 14.4 Å². The average Bonchev–Trinajstić information content (AvgIpc) is 3.34. The third-order valence-corrected chi connectivity index (χ3v) is 13.1. The molecule has 2 aliphatic rings. The number of fused-ring (bicyclic) bond motifs is 1. The molecule has 0 aromatic heterocycles. The zero-order chi connectivity index (χ0) is 54.2. The third kappa shape index (κ3) is 22.4. The minimum atomic E-state index is -1.55. The van der Waals surface area contributed by atoms with Gasteiger partial charge in [-0.1, -0.05) is 42.5 Å². The van der Waals surface area contributed by atoms with E-state index in [-0.39, 0.29) is 115 Å². The molecule has 4 rings (SSSR count). The van der Waals surface area contributed by atoms with E-state index >= 15 is 0 Å². The van der Waals surface area contributed by atoms with Gasteiger partial charge in [-0.15, -0.1) is 0 Å². The fourth-order valence-electron chi connectivity index (χ4n) is 8.98. The van der Waals surface area contributed by atoms with Crippen LogP contribution in [-0.4, -0.2) is 220 Å².